The Kier molecular flexibility index (Phi) is 4.55. The number of rotatable bonds is 4. The predicted octanol–water partition coefficient (Wildman–Crippen LogP) is 3.67. The van der Waals surface area contributed by atoms with E-state index in [4.69, 9.17) is 11.6 Å². The molecule has 102 valence electrons. The van der Waals surface area contributed by atoms with Crippen molar-refractivity contribution in [2.45, 2.75) is 18.7 Å². The molecule has 1 rings (SSSR count). The second-order valence-electron chi connectivity index (χ2n) is 3.02. The third kappa shape index (κ3) is 3.34. The summed E-state index contributed by atoms with van der Waals surface area (Å²) in [7, 11) is 1.04. The Morgan fingerprint density at radius 1 is 1.39 bits per heavy atom. The van der Waals surface area contributed by atoms with Crippen LogP contribution < -0.4 is 9.47 Å². The third-order valence-corrected chi connectivity index (χ3v) is 2.17. The number of pyridine rings is 1. The molecule has 0 saturated heterocycles. The molecular weight excluding hydrogens is 285 g/mol. The Morgan fingerprint density at radius 3 is 2.39 bits per heavy atom. The Balaban J connectivity index is 3.35. The molecule has 0 bridgehead atoms. The molecule has 9 heteroatoms. The SMILES string of the molecule is COc1c(CCl)cnc(OC(F)(F)F)c1C(F)F. The molecule has 0 N–H and O–H groups in total. The molecule has 0 amide bonds. The van der Waals surface area contributed by atoms with Gasteiger partial charge in [0.05, 0.1) is 13.0 Å². The van der Waals surface area contributed by atoms with E-state index in [0.717, 1.165) is 13.3 Å². The number of alkyl halides is 6. The van der Waals surface area contributed by atoms with Gasteiger partial charge in [-0.15, -0.1) is 24.8 Å². The van der Waals surface area contributed by atoms with E-state index in [1.54, 1.807) is 0 Å². The van der Waals surface area contributed by atoms with Gasteiger partial charge in [0.25, 0.3) is 6.43 Å². The Labute approximate surface area is 103 Å². The first-order valence-corrected chi connectivity index (χ1v) is 4.99. The van der Waals surface area contributed by atoms with Crippen molar-refractivity contribution < 1.29 is 31.4 Å². The summed E-state index contributed by atoms with van der Waals surface area (Å²) in [5.74, 6) is -1.94. The normalized spacial score (nSPS) is 11.8. The van der Waals surface area contributed by atoms with Gasteiger partial charge in [-0.05, 0) is 0 Å². The fourth-order valence-corrected chi connectivity index (χ4v) is 1.44. The number of hydrogen-bond donors (Lipinski definition) is 0. The van der Waals surface area contributed by atoms with E-state index >= 15 is 0 Å². The molecule has 1 heterocycles. The van der Waals surface area contributed by atoms with Gasteiger partial charge in [-0.25, -0.2) is 13.8 Å². The molecule has 0 aliphatic carbocycles. The van der Waals surface area contributed by atoms with Gasteiger partial charge in [0, 0.05) is 11.8 Å². The highest BCUT2D eigenvalue weighted by Crippen LogP contribution is 2.40. The number of nitrogens with zero attached hydrogens (tertiary/aromatic N) is 1. The summed E-state index contributed by atoms with van der Waals surface area (Å²) in [6.45, 7) is 0. The number of halogens is 6. The lowest BCUT2D eigenvalue weighted by Gasteiger charge is -2.16. The first-order chi connectivity index (χ1) is 8.30. The Morgan fingerprint density at radius 2 is 2.00 bits per heavy atom. The maximum atomic E-state index is 12.8. The molecule has 0 atom stereocenters. The van der Waals surface area contributed by atoms with Crippen LogP contribution >= 0.6 is 11.6 Å². The topological polar surface area (TPSA) is 31.4 Å². The molecule has 1 aromatic rings. The lowest BCUT2D eigenvalue weighted by atomic mass is 10.2. The third-order valence-electron chi connectivity index (χ3n) is 1.88. The van der Waals surface area contributed by atoms with Gasteiger partial charge in [0.2, 0.25) is 5.88 Å². The van der Waals surface area contributed by atoms with E-state index in [-0.39, 0.29) is 11.4 Å². The molecule has 0 saturated carbocycles. The van der Waals surface area contributed by atoms with Crippen LogP contribution in [0.4, 0.5) is 22.0 Å². The number of ether oxygens (including phenoxy) is 2. The van der Waals surface area contributed by atoms with Crippen molar-refractivity contribution in [2.24, 2.45) is 0 Å². The van der Waals surface area contributed by atoms with Crippen LogP contribution in [0.5, 0.6) is 11.6 Å². The smallest absolute Gasteiger partial charge is 0.496 e. The maximum Gasteiger partial charge on any atom is 0.574 e. The summed E-state index contributed by atoms with van der Waals surface area (Å²) in [6.07, 6.45) is -7.48. The first kappa shape index (κ1) is 14.7. The Hall–Kier alpha value is -1.31. The van der Waals surface area contributed by atoms with Crippen molar-refractivity contribution in [1.82, 2.24) is 4.98 Å². The second kappa shape index (κ2) is 5.55. The Bertz CT molecular complexity index is 424. The molecule has 0 fully saturated rings. The van der Waals surface area contributed by atoms with Gasteiger partial charge < -0.3 is 9.47 Å². The average molecular weight is 292 g/mol. The minimum Gasteiger partial charge on any atom is -0.496 e. The van der Waals surface area contributed by atoms with Crippen molar-refractivity contribution in [3.63, 3.8) is 0 Å². The van der Waals surface area contributed by atoms with Crippen LogP contribution in [0.15, 0.2) is 6.20 Å². The molecule has 3 nitrogen and oxygen atoms in total. The summed E-state index contributed by atoms with van der Waals surface area (Å²) >= 11 is 5.44. The van der Waals surface area contributed by atoms with Crippen LogP contribution in [0.2, 0.25) is 0 Å². The van der Waals surface area contributed by atoms with Crippen molar-refractivity contribution in [2.75, 3.05) is 7.11 Å². The predicted molar refractivity (Wildman–Crippen MR) is 52.0 cm³/mol. The second-order valence-corrected chi connectivity index (χ2v) is 3.28. The van der Waals surface area contributed by atoms with E-state index in [9.17, 15) is 22.0 Å². The van der Waals surface area contributed by atoms with E-state index in [1.807, 2.05) is 0 Å². The minimum absolute atomic E-state index is 0.0454. The van der Waals surface area contributed by atoms with Crippen LogP contribution in [0.1, 0.15) is 17.6 Å². The van der Waals surface area contributed by atoms with E-state index in [1.165, 1.54) is 0 Å². The van der Waals surface area contributed by atoms with Crippen LogP contribution in [-0.4, -0.2) is 18.5 Å². The van der Waals surface area contributed by atoms with Crippen molar-refractivity contribution in [3.8, 4) is 11.6 Å². The van der Waals surface area contributed by atoms with Gasteiger partial charge in [0.15, 0.2) is 0 Å². The zero-order chi connectivity index (χ0) is 13.9. The van der Waals surface area contributed by atoms with Gasteiger partial charge in [-0.3, -0.25) is 0 Å². The fourth-order valence-electron chi connectivity index (χ4n) is 1.25. The highest BCUT2D eigenvalue weighted by atomic mass is 35.5. The molecule has 0 aliphatic rings. The van der Waals surface area contributed by atoms with Crippen molar-refractivity contribution >= 4 is 11.6 Å². The standard InChI is InChI=1S/C9H7ClF5NO2/c1-17-6-4(2-10)3-16-8(5(6)7(11)12)18-9(13,14)15/h3,7H,2H2,1H3. The summed E-state index contributed by atoms with van der Waals surface area (Å²) in [6, 6.07) is 0. The molecule has 0 spiro atoms. The fraction of sp³-hybridized carbons (Fsp3) is 0.444. The number of methoxy groups -OCH3 is 1. The van der Waals surface area contributed by atoms with Crippen LogP contribution in [-0.2, 0) is 5.88 Å². The first-order valence-electron chi connectivity index (χ1n) is 4.45. The van der Waals surface area contributed by atoms with Gasteiger partial charge in [0.1, 0.15) is 11.3 Å². The molecule has 18 heavy (non-hydrogen) atoms. The monoisotopic (exact) mass is 291 g/mol. The minimum atomic E-state index is -5.12. The maximum absolute atomic E-state index is 12.8. The lowest BCUT2D eigenvalue weighted by molar-refractivity contribution is -0.276. The quantitative estimate of drug-likeness (QED) is 0.626. The van der Waals surface area contributed by atoms with Crippen molar-refractivity contribution in [1.29, 1.82) is 0 Å². The van der Waals surface area contributed by atoms with Gasteiger partial charge in [-0.2, -0.15) is 0 Å². The highest BCUT2D eigenvalue weighted by Gasteiger charge is 2.36. The van der Waals surface area contributed by atoms with Crippen LogP contribution in [0.25, 0.3) is 0 Å². The highest BCUT2D eigenvalue weighted by molar-refractivity contribution is 6.17. The van der Waals surface area contributed by atoms with Crippen LogP contribution in [0, 0.1) is 0 Å². The summed E-state index contributed by atoms with van der Waals surface area (Å²) in [4.78, 5) is 3.18. The molecule has 0 unspecified atom stereocenters. The van der Waals surface area contributed by atoms with Crippen LogP contribution in [0.3, 0.4) is 0 Å². The van der Waals surface area contributed by atoms with Gasteiger partial charge in [-0.1, -0.05) is 0 Å². The average Bonchev–Trinajstić information content (AvgIpc) is 2.25. The number of hydrogen-bond acceptors (Lipinski definition) is 3. The number of aromatic nitrogens is 1. The molecule has 0 aliphatic heterocycles. The molecule has 1 aromatic heterocycles. The molecular formula is C9H7ClF5NO2. The van der Waals surface area contributed by atoms with E-state index in [2.05, 4.69) is 14.5 Å². The van der Waals surface area contributed by atoms with E-state index in [0.29, 0.717) is 0 Å². The van der Waals surface area contributed by atoms with E-state index < -0.39 is 30.0 Å². The zero-order valence-electron chi connectivity index (χ0n) is 8.89. The molecule has 0 radical (unpaired) electrons. The lowest BCUT2D eigenvalue weighted by Crippen LogP contribution is -2.19. The van der Waals surface area contributed by atoms with Crippen molar-refractivity contribution in [3.05, 3.63) is 17.3 Å². The molecule has 0 aromatic carbocycles. The largest absolute Gasteiger partial charge is 0.574 e. The summed E-state index contributed by atoms with van der Waals surface area (Å²) in [5, 5.41) is 0. The summed E-state index contributed by atoms with van der Waals surface area (Å²) < 4.78 is 69.7. The summed E-state index contributed by atoms with van der Waals surface area (Å²) in [5.41, 5.74) is -1.03. The zero-order valence-corrected chi connectivity index (χ0v) is 9.65. The van der Waals surface area contributed by atoms with Gasteiger partial charge >= 0.3 is 6.36 Å².